The lowest BCUT2D eigenvalue weighted by molar-refractivity contribution is 0.0793. The summed E-state index contributed by atoms with van der Waals surface area (Å²) in [5, 5.41) is 0. The minimum Gasteiger partial charge on any atom is -0.486 e. The van der Waals surface area contributed by atoms with E-state index in [2.05, 4.69) is 0 Å². The summed E-state index contributed by atoms with van der Waals surface area (Å²) in [5.74, 6) is -0.0536. The number of carbonyl (C=O) groups excluding carboxylic acids is 1. The summed E-state index contributed by atoms with van der Waals surface area (Å²) >= 11 is 0. The molecule has 2 aromatic carbocycles. The van der Waals surface area contributed by atoms with Crippen molar-refractivity contribution in [2.45, 2.75) is 19.4 Å². The highest BCUT2D eigenvalue weighted by molar-refractivity contribution is 5.94. The third-order valence-corrected chi connectivity index (χ3v) is 3.83. The second kappa shape index (κ2) is 6.60. The molecule has 3 nitrogen and oxygen atoms in total. The van der Waals surface area contributed by atoms with Gasteiger partial charge >= 0.3 is 0 Å². The van der Waals surface area contributed by atoms with Gasteiger partial charge < -0.3 is 9.64 Å². The minimum atomic E-state index is -0.372. The molecule has 22 heavy (non-hydrogen) atoms. The fourth-order valence-corrected chi connectivity index (χ4v) is 2.57. The molecule has 4 heteroatoms. The molecule has 0 spiro atoms. The Hall–Kier alpha value is -2.36. The van der Waals surface area contributed by atoms with Crippen LogP contribution in [0.15, 0.2) is 48.5 Å². The monoisotopic (exact) mass is 299 g/mol. The van der Waals surface area contributed by atoms with Crippen molar-refractivity contribution < 1.29 is 13.9 Å². The number of para-hydroxylation sites is 1. The molecule has 0 unspecified atom stereocenters. The maximum Gasteiger partial charge on any atom is 0.253 e. The van der Waals surface area contributed by atoms with E-state index in [1.807, 2.05) is 17.0 Å². The van der Waals surface area contributed by atoms with Gasteiger partial charge in [-0.05, 0) is 42.7 Å². The number of halogens is 1. The molecule has 0 atom stereocenters. The molecule has 0 radical (unpaired) electrons. The molecule has 2 aromatic rings. The Balaban J connectivity index is 1.62. The van der Waals surface area contributed by atoms with E-state index >= 15 is 0 Å². The summed E-state index contributed by atoms with van der Waals surface area (Å²) in [6, 6.07) is 13.6. The first kappa shape index (κ1) is 14.6. The Morgan fingerprint density at radius 2 is 1.73 bits per heavy atom. The van der Waals surface area contributed by atoms with E-state index in [4.69, 9.17) is 4.74 Å². The van der Waals surface area contributed by atoms with E-state index in [0.717, 1.165) is 31.5 Å². The van der Waals surface area contributed by atoms with Crippen molar-refractivity contribution in [3.63, 3.8) is 0 Å². The average molecular weight is 299 g/mol. The SMILES string of the molecule is O=C(c1ccc(COc2ccccc2F)cc1)N1CCCC1. The quantitative estimate of drug-likeness (QED) is 0.862. The van der Waals surface area contributed by atoms with Crippen LogP contribution < -0.4 is 4.74 Å². The summed E-state index contributed by atoms with van der Waals surface area (Å²) in [5.41, 5.74) is 1.60. The molecule has 1 aliphatic rings. The first-order chi connectivity index (χ1) is 10.7. The minimum absolute atomic E-state index is 0.0825. The van der Waals surface area contributed by atoms with Gasteiger partial charge in [-0.1, -0.05) is 24.3 Å². The second-order valence-corrected chi connectivity index (χ2v) is 5.42. The fourth-order valence-electron chi connectivity index (χ4n) is 2.57. The predicted octanol–water partition coefficient (Wildman–Crippen LogP) is 3.64. The van der Waals surface area contributed by atoms with Crippen molar-refractivity contribution in [2.75, 3.05) is 13.1 Å². The van der Waals surface area contributed by atoms with E-state index in [1.54, 1.807) is 30.3 Å². The first-order valence-electron chi connectivity index (χ1n) is 7.49. The van der Waals surface area contributed by atoms with Gasteiger partial charge in [0.05, 0.1) is 0 Å². The molecule has 0 aromatic heterocycles. The van der Waals surface area contributed by atoms with E-state index in [9.17, 15) is 9.18 Å². The normalized spacial score (nSPS) is 14.1. The van der Waals surface area contributed by atoms with Crippen LogP contribution in [0.5, 0.6) is 5.75 Å². The van der Waals surface area contributed by atoms with Gasteiger partial charge in [-0.15, -0.1) is 0 Å². The van der Waals surface area contributed by atoms with Crippen LogP contribution in [0, 0.1) is 5.82 Å². The van der Waals surface area contributed by atoms with Gasteiger partial charge in [0.25, 0.3) is 5.91 Å². The number of hydrogen-bond acceptors (Lipinski definition) is 2. The Bertz CT molecular complexity index is 648. The van der Waals surface area contributed by atoms with Crippen molar-refractivity contribution in [3.8, 4) is 5.75 Å². The van der Waals surface area contributed by atoms with Crippen LogP contribution in [0.2, 0.25) is 0 Å². The molecular weight excluding hydrogens is 281 g/mol. The fraction of sp³-hybridized carbons (Fsp3) is 0.278. The number of ether oxygens (including phenoxy) is 1. The lowest BCUT2D eigenvalue weighted by Crippen LogP contribution is -2.27. The van der Waals surface area contributed by atoms with E-state index in [1.165, 1.54) is 6.07 Å². The number of amides is 1. The van der Waals surface area contributed by atoms with Gasteiger partial charge in [0.2, 0.25) is 0 Å². The standard InChI is InChI=1S/C18H18FNO2/c19-16-5-1-2-6-17(16)22-13-14-7-9-15(10-8-14)18(21)20-11-3-4-12-20/h1-2,5-10H,3-4,11-13H2. The van der Waals surface area contributed by atoms with Crippen LogP contribution in [-0.2, 0) is 6.61 Å². The predicted molar refractivity (Wildman–Crippen MR) is 82.3 cm³/mol. The lowest BCUT2D eigenvalue weighted by Gasteiger charge is -2.15. The molecule has 0 saturated carbocycles. The van der Waals surface area contributed by atoms with Crippen molar-refractivity contribution in [1.82, 2.24) is 4.90 Å². The van der Waals surface area contributed by atoms with Gasteiger partial charge in [0.1, 0.15) is 6.61 Å². The third-order valence-electron chi connectivity index (χ3n) is 3.83. The highest BCUT2D eigenvalue weighted by Gasteiger charge is 2.19. The number of rotatable bonds is 4. The molecule has 1 heterocycles. The Labute approximate surface area is 129 Å². The summed E-state index contributed by atoms with van der Waals surface area (Å²) in [4.78, 5) is 14.1. The highest BCUT2D eigenvalue weighted by atomic mass is 19.1. The Morgan fingerprint density at radius 3 is 2.41 bits per heavy atom. The lowest BCUT2D eigenvalue weighted by atomic mass is 10.1. The maximum atomic E-state index is 13.5. The Morgan fingerprint density at radius 1 is 1.05 bits per heavy atom. The van der Waals surface area contributed by atoms with Crippen LogP contribution in [0.4, 0.5) is 4.39 Å². The molecular formula is C18H18FNO2. The first-order valence-corrected chi connectivity index (χ1v) is 7.49. The van der Waals surface area contributed by atoms with Crippen LogP contribution in [-0.4, -0.2) is 23.9 Å². The van der Waals surface area contributed by atoms with Crippen molar-refractivity contribution in [3.05, 3.63) is 65.5 Å². The largest absolute Gasteiger partial charge is 0.486 e. The van der Waals surface area contributed by atoms with Crippen molar-refractivity contribution in [1.29, 1.82) is 0 Å². The molecule has 1 amide bonds. The molecule has 1 fully saturated rings. The molecule has 0 N–H and O–H groups in total. The average Bonchev–Trinajstić information content (AvgIpc) is 3.08. The van der Waals surface area contributed by atoms with Crippen molar-refractivity contribution >= 4 is 5.91 Å². The van der Waals surface area contributed by atoms with E-state index in [-0.39, 0.29) is 24.1 Å². The zero-order valence-corrected chi connectivity index (χ0v) is 12.3. The number of hydrogen-bond donors (Lipinski definition) is 0. The van der Waals surface area contributed by atoms with Crippen LogP contribution in [0.3, 0.4) is 0 Å². The van der Waals surface area contributed by atoms with Crippen LogP contribution in [0.25, 0.3) is 0 Å². The van der Waals surface area contributed by atoms with Gasteiger partial charge in [-0.3, -0.25) is 4.79 Å². The maximum absolute atomic E-state index is 13.5. The van der Waals surface area contributed by atoms with Gasteiger partial charge in [-0.2, -0.15) is 0 Å². The zero-order valence-electron chi connectivity index (χ0n) is 12.3. The van der Waals surface area contributed by atoms with Crippen molar-refractivity contribution in [2.24, 2.45) is 0 Å². The molecule has 0 aliphatic carbocycles. The topological polar surface area (TPSA) is 29.5 Å². The summed E-state index contributed by atoms with van der Waals surface area (Å²) < 4.78 is 18.9. The number of likely N-dealkylation sites (tertiary alicyclic amines) is 1. The molecule has 1 saturated heterocycles. The van der Waals surface area contributed by atoms with Gasteiger partial charge in [-0.25, -0.2) is 4.39 Å². The Kier molecular flexibility index (Phi) is 4.37. The third kappa shape index (κ3) is 3.27. The van der Waals surface area contributed by atoms with Gasteiger partial charge in [0.15, 0.2) is 11.6 Å². The molecule has 114 valence electrons. The van der Waals surface area contributed by atoms with E-state index < -0.39 is 0 Å². The van der Waals surface area contributed by atoms with E-state index in [0.29, 0.717) is 5.56 Å². The summed E-state index contributed by atoms with van der Waals surface area (Å²) in [6.45, 7) is 1.97. The summed E-state index contributed by atoms with van der Waals surface area (Å²) in [7, 11) is 0. The zero-order chi connectivity index (χ0) is 15.4. The second-order valence-electron chi connectivity index (χ2n) is 5.42. The molecule has 1 aliphatic heterocycles. The summed E-state index contributed by atoms with van der Waals surface area (Å²) in [6.07, 6.45) is 2.17. The molecule has 3 rings (SSSR count). The number of nitrogens with zero attached hydrogens (tertiary/aromatic N) is 1. The van der Waals surface area contributed by atoms with Gasteiger partial charge in [0, 0.05) is 18.7 Å². The number of carbonyl (C=O) groups is 1. The van der Waals surface area contributed by atoms with Crippen LogP contribution >= 0.6 is 0 Å². The number of benzene rings is 2. The molecule has 0 bridgehead atoms. The highest BCUT2D eigenvalue weighted by Crippen LogP contribution is 2.18. The smallest absolute Gasteiger partial charge is 0.253 e. The van der Waals surface area contributed by atoms with Crippen LogP contribution in [0.1, 0.15) is 28.8 Å².